The minimum atomic E-state index is -0.453. The van der Waals surface area contributed by atoms with Gasteiger partial charge in [0.05, 0.1) is 27.5 Å². The highest BCUT2D eigenvalue weighted by molar-refractivity contribution is 5.95. The fraction of sp³-hybridized carbons (Fsp3) is 0.176. The number of carbonyl (C=O) groups is 1. The lowest BCUT2D eigenvalue weighted by Gasteiger charge is -2.11. The molecule has 0 bridgehead atoms. The third-order valence-corrected chi connectivity index (χ3v) is 3.21. The lowest BCUT2D eigenvalue weighted by molar-refractivity contribution is 0.0955. The van der Waals surface area contributed by atoms with Gasteiger partial charge in [-0.05, 0) is 30.3 Å². The smallest absolute Gasteiger partial charge is 0.271 e. The summed E-state index contributed by atoms with van der Waals surface area (Å²) in [4.78, 5) is 11.9. The number of amides is 1. The molecule has 6 nitrogen and oxygen atoms in total. The molecule has 2 aromatic carbocycles. The van der Waals surface area contributed by atoms with E-state index in [2.05, 4.69) is 10.5 Å². The van der Waals surface area contributed by atoms with Gasteiger partial charge in [-0.3, -0.25) is 4.79 Å². The van der Waals surface area contributed by atoms with Gasteiger partial charge in [0.2, 0.25) is 0 Å². The first kappa shape index (κ1) is 17.3. The molecule has 0 atom stereocenters. The van der Waals surface area contributed by atoms with E-state index in [1.807, 2.05) is 0 Å². The van der Waals surface area contributed by atoms with Gasteiger partial charge in [0.25, 0.3) is 5.91 Å². The summed E-state index contributed by atoms with van der Waals surface area (Å²) in [6.07, 6.45) is 1.42. The van der Waals surface area contributed by atoms with Gasteiger partial charge < -0.3 is 14.2 Å². The van der Waals surface area contributed by atoms with Gasteiger partial charge in [0.1, 0.15) is 11.6 Å². The normalized spacial score (nSPS) is 10.5. The number of ether oxygens (including phenoxy) is 3. The fourth-order valence-corrected chi connectivity index (χ4v) is 1.98. The summed E-state index contributed by atoms with van der Waals surface area (Å²) in [6.45, 7) is 0. The molecule has 0 heterocycles. The summed E-state index contributed by atoms with van der Waals surface area (Å²) in [5.41, 5.74) is 3.26. The lowest BCUT2D eigenvalue weighted by Crippen LogP contribution is -2.17. The Morgan fingerprint density at radius 2 is 1.58 bits per heavy atom. The van der Waals surface area contributed by atoms with Crippen molar-refractivity contribution in [2.24, 2.45) is 5.10 Å². The largest absolute Gasteiger partial charge is 0.496 e. The summed E-state index contributed by atoms with van der Waals surface area (Å²) in [7, 11) is 4.55. The highest BCUT2D eigenvalue weighted by Gasteiger charge is 2.10. The number of methoxy groups -OCH3 is 3. The van der Waals surface area contributed by atoms with Crippen molar-refractivity contribution >= 4 is 12.1 Å². The molecule has 2 rings (SSSR count). The molecule has 0 aliphatic carbocycles. The van der Waals surface area contributed by atoms with Gasteiger partial charge in [-0.2, -0.15) is 5.10 Å². The van der Waals surface area contributed by atoms with E-state index in [4.69, 9.17) is 14.2 Å². The second-order valence-corrected chi connectivity index (χ2v) is 4.66. The second-order valence-electron chi connectivity index (χ2n) is 4.66. The van der Waals surface area contributed by atoms with Crippen LogP contribution in [0.5, 0.6) is 17.2 Å². The third-order valence-electron chi connectivity index (χ3n) is 3.21. The number of rotatable bonds is 6. The second kappa shape index (κ2) is 7.96. The van der Waals surface area contributed by atoms with E-state index >= 15 is 0 Å². The van der Waals surface area contributed by atoms with Crippen molar-refractivity contribution in [2.45, 2.75) is 0 Å². The molecule has 0 saturated heterocycles. The molecular weight excluding hydrogens is 315 g/mol. The Morgan fingerprint density at radius 1 is 1.00 bits per heavy atom. The van der Waals surface area contributed by atoms with Crippen molar-refractivity contribution in [3.8, 4) is 17.2 Å². The molecular formula is C17H17FN2O4. The predicted molar refractivity (Wildman–Crippen MR) is 87.6 cm³/mol. The number of hydrazone groups is 1. The Kier molecular flexibility index (Phi) is 5.73. The summed E-state index contributed by atoms with van der Waals surface area (Å²) in [5, 5.41) is 3.89. The highest BCUT2D eigenvalue weighted by Crippen LogP contribution is 2.33. The number of nitrogens with one attached hydrogen (secondary N) is 1. The SMILES string of the molecule is COc1cc(OC)c(OC)cc1/C=N/NC(=O)c1ccc(F)cc1. The zero-order chi connectivity index (χ0) is 17.5. The topological polar surface area (TPSA) is 69.2 Å². The number of halogens is 1. The van der Waals surface area contributed by atoms with Gasteiger partial charge in [0.15, 0.2) is 11.5 Å². The summed E-state index contributed by atoms with van der Waals surface area (Å²) in [5.74, 6) is 0.662. The van der Waals surface area contributed by atoms with Crippen LogP contribution < -0.4 is 19.6 Å². The zero-order valence-electron chi connectivity index (χ0n) is 13.5. The Bertz CT molecular complexity index is 745. The van der Waals surface area contributed by atoms with E-state index in [0.29, 0.717) is 28.4 Å². The third kappa shape index (κ3) is 4.01. The molecule has 0 spiro atoms. The first-order valence-electron chi connectivity index (χ1n) is 6.98. The molecule has 7 heteroatoms. The molecule has 1 amide bonds. The van der Waals surface area contributed by atoms with Crippen molar-refractivity contribution in [3.05, 3.63) is 53.3 Å². The quantitative estimate of drug-likeness (QED) is 0.652. The van der Waals surface area contributed by atoms with Crippen LogP contribution in [-0.4, -0.2) is 33.5 Å². The van der Waals surface area contributed by atoms with Crippen molar-refractivity contribution in [2.75, 3.05) is 21.3 Å². The van der Waals surface area contributed by atoms with Crippen LogP contribution in [0.4, 0.5) is 4.39 Å². The van der Waals surface area contributed by atoms with E-state index in [9.17, 15) is 9.18 Å². The maximum atomic E-state index is 12.8. The molecule has 0 aliphatic rings. The summed E-state index contributed by atoms with van der Waals surface area (Å²) < 4.78 is 28.5. The average molecular weight is 332 g/mol. The van der Waals surface area contributed by atoms with Crippen LogP contribution in [0.2, 0.25) is 0 Å². The zero-order valence-corrected chi connectivity index (χ0v) is 13.5. The maximum Gasteiger partial charge on any atom is 0.271 e. The van der Waals surface area contributed by atoms with E-state index in [-0.39, 0.29) is 0 Å². The molecule has 0 aliphatic heterocycles. The number of benzene rings is 2. The lowest BCUT2D eigenvalue weighted by atomic mass is 10.2. The molecule has 2 aromatic rings. The van der Waals surface area contributed by atoms with Gasteiger partial charge in [-0.15, -0.1) is 0 Å². The van der Waals surface area contributed by atoms with E-state index in [1.165, 1.54) is 51.8 Å². The maximum absolute atomic E-state index is 12.8. The molecule has 24 heavy (non-hydrogen) atoms. The molecule has 0 saturated carbocycles. The Hall–Kier alpha value is -3.09. The van der Waals surface area contributed by atoms with Crippen LogP contribution in [0.25, 0.3) is 0 Å². The van der Waals surface area contributed by atoms with Crippen molar-refractivity contribution in [1.29, 1.82) is 0 Å². The predicted octanol–water partition coefficient (Wildman–Crippen LogP) is 2.62. The first-order chi connectivity index (χ1) is 11.6. The van der Waals surface area contributed by atoms with Gasteiger partial charge in [-0.1, -0.05) is 0 Å². The van der Waals surface area contributed by atoms with E-state index in [1.54, 1.807) is 12.1 Å². The Balaban J connectivity index is 2.16. The molecule has 0 fully saturated rings. The minimum absolute atomic E-state index is 0.299. The van der Waals surface area contributed by atoms with E-state index < -0.39 is 11.7 Å². The Labute approximate surface area is 138 Å². The van der Waals surface area contributed by atoms with Gasteiger partial charge >= 0.3 is 0 Å². The molecule has 126 valence electrons. The number of hydrogen-bond donors (Lipinski definition) is 1. The Morgan fingerprint density at radius 3 is 2.17 bits per heavy atom. The number of hydrogen-bond acceptors (Lipinski definition) is 5. The van der Waals surface area contributed by atoms with Gasteiger partial charge in [-0.25, -0.2) is 9.82 Å². The summed E-state index contributed by atoms with van der Waals surface area (Å²) in [6, 6.07) is 8.48. The van der Waals surface area contributed by atoms with Crippen LogP contribution >= 0.6 is 0 Å². The average Bonchev–Trinajstić information content (AvgIpc) is 2.61. The molecule has 0 unspecified atom stereocenters. The monoisotopic (exact) mass is 332 g/mol. The number of carbonyl (C=O) groups excluding carboxylic acids is 1. The van der Waals surface area contributed by atoms with Crippen LogP contribution in [0.3, 0.4) is 0 Å². The van der Waals surface area contributed by atoms with Crippen LogP contribution in [0, 0.1) is 5.82 Å². The van der Waals surface area contributed by atoms with Crippen molar-refractivity contribution in [1.82, 2.24) is 5.43 Å². The minimum Gasteiger partial charge on any atom is -0.496 e. The van der Waals surface area contributed by atoms with Crippen LogP contribution in [0.15, 0.2) is 41.5 Å². The number of nitrogens with zero attached hydrogens (tertiary/aromatic N) is 1. The van der Waals surface area contributed by atoms with Crippen LogP contribution in [-0.2, 0) is 0 Å². The van der Waals surface area contributed by atoms with Crippen molar-refractivity contribution < 1.29 is 23.4 Å². The molecule has 0 radical (unpaired) electrons. The van der Waals surface area contributed by atoms with Gasteiger partial charge in [0, 0.05) is 17.2 Å². The van der Waals surface area contributed by atoms with E-state index in [0.717, 1.165) is 0 Å². The van der Waals surface area contributed by atoms with Crippen molar-refractivity contribution in [3.63, 3.8) is 0 Å². The molecule has 0 aromatic heterocycles. The standard InChI is InChI=1S/C17H17FN2O4/c1-22-14-9-16(24-3)15(23-2)8-12(14)10-19-20-17(21)11-4-6-13(18)7-5-11/h4-10H,1-3H3,(H,20,21)/b19-10+. The molecule has 1 N–H and O–H groups in total. The fourth-order valence-electron chi connectivity index (χ4n) is 1.98. The van der Waals surface area contributed by atoms with Crippen LogP contribution in [0.1, 0.15) is 15.9 Å². The summed E-state index contributed by atoms with van der Waals surface area (Å²) >= 11 is 0. The first-order valence-corrected chi connectivity index (χ1v) is 6.98. The highest BCUT2D eigenvalue weighted by atomic mass is 19.1.